The maximum atomic E-state index is 8.62. The van der Waals surface area contributed by atoms with Crippen LogP contribution >= 0.6 is 0 Å². The first-order valence-corrected chi connectivity index (χ1v) is 7.42. The molecule has 0 saturated heterocycles. The molecule has 1 N–H and O–H groups in total. The average Bonchev–Trinajstić information content (AvgIpc) is 2.19. The largest absolute Gasteiger partial charge is 1.00 e. The molecule has 0 fully saturated rings. The molecule has 19 heavy (non-hydrogen) atoms. The SMILES string of the molecule is CCCCCCC(C)CCCO.O=S(=O)([O-])[O-].[Na+].[Na+]. The Morgan fingerprint density at radius 3 is 1.79 bits per heavy atom. The first-order chi connectivity index (χ1) is 7.81. The Kier molecular flexibility index (Phi) is 30.2. The third-order valence-corrected chi connectivity index (χ3v) is 2.41. The van der Waals surface area contributed by atoms with Gasteiger partial charge in [-0.3, -0.25) is 8.42 Å². The summed E-state index contributed by atoms with van der Waals surface area (Å²) in [4.78, 5) is 0. The van der Waals surface area contributed by atoms with Gasteiger partial charge in [0.25, 0.3) is 0 Å². The van der Waals surface area contributed by atoms with E-state index in [4.69, 9.17) is 22.6 Å². The third-order valence-electron chi connectivity index (χ3n) is 2.41. The van der Waals surface area contributed by atoms with Gasteiger partial charge in [-0.15, -0.1) is 0 Å². The van der Waals surface area contributed by atoms with Crippen molar-refractivity contribution in [2.45, 2.75) is 58.8 Å². The number of hydrogen-bond donors (Lipinski definition) is 1. The molecule has 0 amide bonds. The van der Waals surface area contributed by atoms with E-state index in [1.54, 1.807) is 0 Å². The number of unbranched alkanes of at least 4 members (excludes halogenated alkanes) is 3. The van der Waals surface area contributed by atoms with E-state index in [0.29, 0.717) is 6.61 Å². The molecule has 0 aromatic heterocycles. The standard InChI is InChI=1S/C11H24O.2Na.H2O4S/c1-3-4-5-6-8-11(2)9-7-10-12;;;1-5(2,3)4/h11-12H,3-10H2,1-2H3;;;(H2,1,2,3,4)/q;2*+1;/p-2. The molecule has 0 bridgehead atoms. The number of hydrogen-bond acceptors (Lipinski definition) is 5. The zero-order chi connectivity index (χ0) is 13.7. The second-order valence-corrected chi connectivity index (χ2v) is 5.05. The molecule has 0 aromatic carbocycles. The molecule has 0 aliphatic carbocycles. The van der Waals surface area contributed by atoms with Crippen LogP contribution in [-0.2, 0) is 10.4 Å². The van der Waals surface area contributed by atoms with E-state index in [0.717, 1.165) is 12.3 Å². The van der Waals surface area contributed by atoms with Gasteiger partial charge in [0.1, 0.15) is 0 Å². The Balaban J connectivity index is -0.000000139. The predicted molar refractivity (Wildman–Crippen MR) is 64.7 cm³/mol. The van der Waals surface area contributed by atoms with Gasteiger partial charge in [0.2, 0.25) is 0 Å². The molecule has 0 aliphatic rings. The van der Waals surface area contributed by atoms with E-state index in [-0.39, 0.29) is 59.1 Å². The summed E-state index contributed by atoms with van der Waals surface area (Å²) < 4.78 is 34.1. The summed E-state index contributed by atoms with van der Waals surface area (Å²) >= 11 is 0. The molecule has 106 valence electrons. The summed E-state index contributed by atoms with van der Waals surface area (Å²) in [7, 11) is -5.17. The van der Waals surface area contributed by atoms with Crippen LogP contribution in [0.15, 0.2) is 0 Å². The molecule has 0 aromatic rings. The maximum absolute atomic E-state index is 8.62. The summed E-state index contributed by atoms with van der Waals surface area (Å²) in [6.45, 7) is 4.90. The first-order valence-electron chi connectivity index (χ1n) is 6.08. The molecule has 0 heterocycles. The number of aliphatic hydroxyl groups excluding tert-OH is 1. The molecular weight excluding hydrogens is 290 g/mol. The van der Waals surface area contributed by atoms with Crippen molar-refractivity contribution < 1.29 is 81.7 Å². The molecule has 8 heteroatoms. The molecule has 0 spiro atoms. The minimum absolute atomic E-state index is 0. The van der Waals surface area contributed by atoms with Crippen LogP contribution in [0.4, 0.5) is 0 Å². The van der Waals surface area contributed by atoms with Crippen LogP contribution in [0.1, 0.15) is 58.8 Å². The Hall–Kier alpha value is 1.83. The van der Waals surface area contributed by atoms with Crippen molar-refractivity contribution in [1.82, 2.24) is 0 Å². The number of aliphatic hydroxyl groups is 1. The Morgan fingerprint density at radius 2 is 1.42 bits per heavy atom. The van der Waals surface area contributed by atoms with E-state index in [1.165, 1.54) is 38.5 Å². The van der Waals surface area contributed by atoms with Crippen molar-refractivity contribution in [3.05, 3.63) is 0 Å². The monoisotopic (exact) mass is 314 g/mol. The normalized spacial score (nSPS) is 11.4. The molecule has 0 aliphatic heterocycles. The first kappa shape index (κ1) is 28.9. The number of rotatable bonds is 8. The Morgan fingerprint density at radius 1 is 1.00 bits per heavy atom. The summed E-state index contributed by atoms with van der Waals surface area (Å²) in [6, 6.07) is 0. The van der Waals surface area contributed by atoms with Crippen LogP contribution in [0.25, 0.3) is 0 Å². The summed E-state index contributed by atoms with van der Waals surface area (Å²) in [5, 5.41) is 8.62. The van der Waals surface area contributed by atoms with Crippen LogP contribution in [0.3, 0.4) is 0 Å². The molecule has 0 rings (SSSR count). The zero-order valence-corrected chi connectivity index (χ0v) is 17.5. The van der Waals surface area contributed by atoms with Gasteiger partial charge in [-0.2, -0.15) is 0 Å². The molecule has 5 nitrogen and oxygen atoms in total. The van der Waals surface area contributed by atoms with Crippen LogP contribution in [0.5, 0.6) is 0 Å². The third kappa shape index (κ3) is 45.0. The predicted octanol–water partition coefficient (Wildman–Crippen LogP) is -3.96. The maximum Gasteiger partial charge on any atom is 1.00 e. The quantitative estimate of drug-likeness (QED) is 0.213. The second-order valence-electron chi connectivity index (χ2n) is 4.23. The van der Waals surface area contributed by atoms with Crippen molar-refractivity contribution in [3.8, 4) is 0 Å². The Bertz CT molecular complexity index is 239. The Labute approximate surface area is 162 Å². The average molecular weight is 314 g/mol. The van der Waals surface area contributed by atoms with Crippen molar-refractivity contribution >= 4 is 10.4 Å². The fourth-order valence-corrected chi connectivity index (χ4v) is 1.50. The molecule has 1 unspecified atom stereocenters. The van der Waals surface area contributed by atoms with Crippen molar-refractivity contribution in [2.75, 3.05) is 6.61 Å². The summed E-state index contributed by atoms with van der Waals surface area (Å²) in [6.07, 6.45) is 9.00. The molecular formula is C11H24Na2O5S. The topological polar surface area (TPSA) is 100 Å². The van der Waals surface area contributed by atoms with E-state index < -0.39 is 10.4 Å². The minimum atomic E-state index is -5.17. The van der Waals surface area contributed by atoms with Crippen molar-refractivity contribution in [1.29, 1.82) is 0 Å². The fourth-order valence-electron chi connectivity index (χ4n) is 1.50. The van der Waals surface area contributed by atoms with E-state index in [9.17, 15) is 0 Å². The van der Waals surface area contributed by atoms with E-state index in [1.807, 2.05) is 0 Å². The molecule has 1 atom stereocenters. The van der Waals surface area contributed by atoms with Gasteiger partial charge in [-0.1, -0.05) is 46.0 Å². The second kappa shape index (κ2) is 19.8. The zero-order valence-electron chi connectivity index (χ0n) is 12.7. The van der Waals surface area contributed by atoms with Crippen LogP contribution < -0.4 is 59.1 Å². The van der Waals surface area contributed by atoms with Gasteiger partial charge in [0.05, 0.1) is 0 Å². The minimum Gasteiger partial charge on any atom is -0.759 e. The van der Waals surface area contributed by atoms with Gasteiger partial charge in [0.15, 0.2) is 0 Å². The summed E-state index contributed by atoms with van der Waals surface area (Å²) in [5.41, 5.74) is 0. The van der Waals surface area contributed by atoms with Gasteiger partial charge >= 0.3 is 59.1 Å². The van der Waals surface area contributed by atoms with E-state index >= 15 is 0 Å². The fraction of sp³-hybridized carbons (Fsp3) is 1.00. The van der Waals surface area contributed by atoms with Crippen LogP contribution in [0, 0.1) is 5.92 Å². The van der Waals surface area contributed by atoms with Crippen LogP contribution in [-0.4, -0.2) is 29.2 Å². The van der Waals surface area contributed by atoms with Gasteiger partial charge in [-0.25, -0.2) is 0 Å². The smallest absolute Gasteiger partial charge is 0.759 e. The van der Waals surface area contributed by atoms with Gasteiger partial charge in [-0.05, 0) is 18.8 Å². The summed E-state index contributed by atoms with van der Waals surface area (Å²) in [5.74, 6) is 0.814. The molecule has 0 radical (unpaired) electrons. The van der Waals surface area contributed by atoms with Gasteiger partial charge < -0.3 is 14.2 Å². The van der Waals surface area contributed by atoms with Crippen LogP contribution in [0.2, 0.25) is 0 Å². The van der Waals surface area contributed by atoms with Crippen molar-refractivity contribution in [2.24, 2.45) is 5.92 Å². The van der Waals surface area contributed by atoms with Crippen molar-refractivity contribution in [3.63, 3.8) is 0 Å². The van der Waals surface area contributed by atoms with E-state index in [2.05, 4.69) is 13.8 Å². The van der Waals surface area contributed by atoms with Gasteiger partial charge in [0, 0.05) is 17.0 Å². The molecule has 0 saturated carbocycles.